The molecule has 8 rings (SSSR count). The van der Waals surface area contributed by atoms with Gasteiger partial charge in [-0.25, -0.2) is 63.8 Å². The minimum absolute atomic E-state index is 0.0788. The Balaban J connectivity index is 1.09. The van der Waals surface area contributed by atoms with E-state index in [4.69, 9.17) is 8.83 Å². The molecule has 0 saturated heterocycles. The lowest BCUT2D eigenvalue weighted by atomic mass is 10.1. The molecular formula is C32H6F10N4O4S2. The molecule has 0 unspecified atom stereocenters. The number of hydrogen-bond acceptors (Lipinski definition) is 10. The summed E-state index contributed by atoms with van der Waals surface area (Å²) in [6.07, 6.45) is 2.13. The van der Waals surface area contributed by atoms with Gasteiger partial charge in [-0.3, -0.25) is 9.59 Å². The maximum absolute atomic E-state index is 14.2. The van der Waals surface area contributed by atoms with Crippen LogP contribution in [0, 0.1) is 58.2 Å². The Labute approximate surface area is 286 Å². The minimum Gasteiger partial charge on any atom is -0.435 e. The quantitative estimate of drug-likeness (QED) is 0.0714. The van der Waals surface area contributed by atoms with Crippen molar-refractivity contribution < 1.29 is 62.3 Å². The molecule has 4 aromatic carbocycles. The molecule has 0 amide bonds. The van der Waals surface area contributed by atoms with Crippen LogP contribution in [0.25, 0.3) is 54.5 Å². The number of oxazole rings is 2. The van der Waals surface area contributed by atoms with Crippen LogP contribution in [-0.4, -0.2) is 31.5 Å². The average molecular weight is 765 g/mol. The first kappa shape index (κ1) is 33.1. The van der Waals surface area contributed by atoms with Crippen LogP contribution in [-0.2, 0) is 0 Å². The highest BCUT2D eigenvalue weighted by molar-refractivity contribution is 7.17. The summed E-state index contributed by atoms with van der Waals surface area (Å²) in [5.41, 5.74) is -2.36. The smallest absolute Gasteiger partial charge is 0.239 e. The van der Waals surface area contributed by atoms with E-state index in [1.807, 2.05) is 0 Å². The maximum atomic E-state index is 14.2. The van der Waals surface area contributed by atoms with Gasteiger partial charge in [-0.2, -0.15) is 0 Å². The Kier molecular flexibility index (Phi) is 7.50. The van der Waals surface area contributed by atoms with Crippen molar-refractivity contribution >= 4 is 67.2 Å². The van der Waals surface area contributed by atoms with E-state index in [0.717, 1.165) is 12.4 Å². The molecule has 4 heterocycles. The topological polar surface area (TPSA) is 112 Å². The predicted molar refractivity (Wildman–Crippen MR) is 161 cm³/mol. The van der Waals surface area contributed by atoms with Gasteiger partial charge in [-0.1, -0.05) is 0 Å². The molecule has 8 aromatic rings. The van der Waals surface area contributed by atoms with Crippen molar-refractivity contribution in [3.8, 4) is 21.5 Å². The highest BCUT2D eigenvalue weighted by Crippen LogP contribution is 2.36. The van der Waals surface area contributed by atoms with Crippen molar-refractivity contribution in [1.29, 1.82) is 0 Å². The number of benzene rings is 4. The number of carbonyl (C=O) groups is 2. The molecule has 0 saturated carbocycles. The number of aromatic nitrogens is 4. The third kappa shape index (κ3) is 4.96. The molecule has 20 heteroatoms. The third-order valence-corrected chi connectivity index (χ3v) is 9.52. The van der Waals surface area contributed by atoms with Crippen molar-refractivity contribution in [3.63, 3.8) is 0 Å². The second kappa shape index (κ2) is 11.8. The molecule has 0 N–H and O–H groups in total. The molecule has 4 aromatic heterocycles. The van der Waals surface area contributed by atoms with E-state index < -0.39 is 90.9 Å². The number of hydrogen-bond donors (Lipinski definition) is 0. The molecule has 0 radical (unpaired) electrons. The molecule has 0 bridgehead atoms. The second-order valence-corrected chi connectivity index (χ2v) is 12.7. The van der Waals surface area contributed by atoms with E-state index in [1.54, 1.807) is 24.3 Å². The molecular weight excluding hydrogens is 758 g/mol. The molecule has 0 aliphatic carbocycles. The first-order valence-electron chi connectivity index (χ1n) is 13.9. The van der Waals surface area contributed by atoms with Gasteiger partial charge in [0.15, 0.2) is 67.7 Å². The minimum atomic E-state index is -2.42. The standard InChI is InChI=1S/C32H6F10N4O4S2/c33-17-15(18(34)22(38)25(41)21(17)37)27(47)31-43-5-13(51-31)29-45-9-1-7-3-12-10(2-8(7)4-11(9)49-29)46-30(50-12)14-6-44-32(52-14)28(48)16-19(35)23(39)26(42)24(40)20(16)36/h1-6H. The lowest BCUT2D eigenvalue weighted by Crippen LogP contribution is -2.13. The van der Waals surface area contributed by atoms with E-state index in [2.05, 4.69) is 19.9 Å². The Morgan fingerprint density at radius 1 is 0.481 bits per heavy atom. The van der Waals surface area contributed by atoms with Gasteiger partial charge in [0, 0.05) is 0 Å². The van der Waals surface area contributed by atoms with E-state index in [1.165, 1.54) is 0 Å². The summed E-state index contributed by atoms with van der Waals surface area (Å²) in [6.45, 7) is 0. The summed E-state index contributed by atoms with van der Waals surface area (Å²) in [4.78, 5) is 41.7. The highest BCUT2D eigenvalue weighted by atomic mass is 32.1. The normalized spacial score (nSPS) is 11.8. The first-order chi connectivity index (χ1) is 24.7. The zero-order valence-electron chi connectivity index (χ0n) is 24.5. The van der Waals surface area contributed by atoms with Gasteiger partial charge in [0.1, 0.15) is 31.9 Å². The van der Waals surface area contributed by atoms with E-state index in [0.29, 0.717) is 33.4 Å². The van der Waals surface area contributed by atoms with Crippen molar-refractivity contribution in [2.45, 2.75) is 0 Å². The van der Waals surface area contributed by atoms with Crippen LogP contribution < -0.4 is 0 Å². The van der Waals surface area contributed by atoms with E-state index in [-0.39, 0.29) is 43.7 Å². The van der Waals surface area contributed by atoms with Crippen LogP contribution in [0.4, 0.5) is 43.9 Å². The van der Waals surface area contributed by atoms with Crippen LogP contribution in [0.2, 0.25) is 0 Å². The Bertz CT molecular complexity index is 2560. The van der Waals surface area contributed by atoms with Gasteiger partial charge in [0.2, 0.25) is 35.0 Å². The summed E-state index contributed by atoms with van der Waals surface area (Å²) < 4.78 is 150. The van der Waals surface area contributed by atoms with Crippen molar-refractivity contribution in [2.24, 2.45) is 0 Å². The lowest BCUT2D eigenvalue weighted by Gasteiger charge is -2.05. The van der Waals surface area contributed by atoms with Gasteiger partial charge < -0.3 is 8.83 Å². The SMILES string of the molecule is O=C(c1ncc(-c2nc3cc4cc5oc(-c6cnc(C(=O)c7c(F)c(F)c(F)c(F)c7F)s6)nc5cc4cc3o2)s1)c1c(F)c(F)c(F)c(F)c1F. The van der Waals surface area contributed by atoms with Crippen LogP contribution >= 0.6 is 22.7 Å². The zero-order valence-corrected chi connectivity index (χ0v) is 26.1. The average Bonchev–Trinajstić information content (AvgIpc) is 3.95. The number of carbonyl (C=O) groups excluding carboxylic acids is 2. The zero-order chi connectivity index (χ0) is 36.9. The maximum Gasteiger partial charge on any atom is 0.239 e. The fourth-order valence-electron chi connectivity index (χ4n) is 5.08. The molecule has 0 atom stereocenters. The monoisotopic (exact) mass is 764 g/mol. The van der Waals surface area contributed by atoms with Gasteiger partial charge in [-0.15, -0.1) is 22.7 Å². The third-order valence-electron chi connectivity index (χ3n) is 7.55. The fourth-order valence-corrected chi connectivity index (χ4v) is 6.66. The first-order valence-corrected chi connectivity index (χ1v) is 15.6. The molecule has 0 aliphatic rings. The number of nitrogens with zero attached hydrogens (tertiary/aromatic N) is 4. The second-order valence-electron chi connectivity index (χ2n) is 10.6. The molecule has 8 nitrogen and oxygen atoms in total. The molecule has 260 valence electrons. The largest absolute Gasteiger partial charge is 0.435 e. The van der Waals surface area contributed by atoms with E-state index >= 15 is 0 Å². The van der Waals surface area contributed by atoms with Crippen LogP contribution in [0.5, 0.6) is 0 Å². The Hall–Kier alpha value is -6.02. The number of halogens is 10. The number of ketones is 2. The molecule has 0 fully saturated rings. The van der Waals surface area contributed by atoms with Crippen LogP contribution in [0.1, 0.15) is 30.7 Å². The Morgan fingerprint density at radius 2 is 0.808 bits per heavy atom. The fraction of sp³-hybridized carbons (Fsp3) is 0. The van der Waals surface area contributed by atoms with Crippen LogP contribution in [0.3, 0.4) is 0 Å². The van der Waals surface area contributed by atoms with Gasteiger partial charge >= 0.3 is 0 Å². The summed E-state index contributed by atoms with van der Waals surface area (Å²) in [7, 11) is 0. The van der Waals surface area contributed by atoms with Crippen molar-refractivity contribution in [3.05, 3.63) is 116 Å². The summed E-state index contributed by atoms with van der Waals surface area (Å²) in [5.74, 6) is -26.5. The van der Waals surface area contributed by atoms with Crippen LogP contribution in [0.15, 0.2) is 45.5 Å². The summed E-state index contributed by atoms with van der Waals surface area (Å²) >= 11 is 1.05. The molecule has 0 spiro atoms. The summed E-state index contributed by atoms with van der Waals surface area (Å²) in [6, 6.07) is 6.28. The van der Waals surface area contributed by atoms with Crippen molar-refractivity contribution in [2.75, 3.05) is 0 Å². The number of fused-ring (bicyclic) bond motifs is 3. The number of thiazole rings is 2. The van der Waals surface area contributed by atoms with Crippen molar-refractivity contribution in [1.82, 2.24) is 19.9 Å². The Morgan fingerprint density at radius 3 is 1.15 bits per heavy atom. The predicted octanol–water partition coefficient (Wildman–Crippen LogP) is 9.22. The summed E-state index contributed by atoms with van der Waals surface area (Å²) in [5, 5.41) is -0.133. The van der Waals surface area contributed by atoms with Gasteiger partial charge in [0.25, 0.3) is 0 Å². The molecule has 52 heavy (non-hydrogen) atoms. The lowest BCUT2D eigenvalue weighted by molar-refractivity contribution is 0.101. The highest BCUT2D eigenvalue weighted by Gasteiger charge is 2.33. The number of rotatable bonds is 6. The van der Waals surface area contributed by atoms with E-state index in [9.17, 15) is 53.5 Å². The van der Waals surface area contributed by atoms with Gasteiger partial charge in [0.05, 0.1) is 12.4 Å². The molecule has 0 aliphatic heterocycles. The van der Waals surface area contributed by atoms with Gasteiger partial charge in [-0.05, 0) is 35.0 Å².